The first-order valence-electron chi connectivity index (χ1n) is 22.7. The van der Waals surface area contributed by atoms with Gasteiger partial charge in [-0.1, -0.05) is 18.2 Å². The summed E-state index contributed by atoms with van der Waals surface area (Å²) in [5, 5.41) is 21.4. The number of nitrogens with two attached hydrogens (primary N) is 1. The number of para-hydroxylation sites is 2. The molecule has 2 bridgehead atoms. The molecule has 0 saturated carbocycles. The Balaban J connectivity index is 0.733. The van der Waals surface area contributed by atoms with E-state index in [2.05, 4.69) is 41.2 Å². The van der Waals surface area contributed by atoms with E-state index in [1.54, 1.807) is 30.3 Å². The lowest BCUT2D eigenvalue weighted by Crippen LogP contribution is -2.65. The van der Waals surface area contributed by atoms with Gasteiger partial charge in [-0.3, -0.25) is 14.9 Å². The number of hydrogen-bond acceptors (Lipinski definition) is 14. The Morgan fingerprint density at radius 2 is 1.62 bits per heavy atom. The Morgan fingerprint density at radius 3 is 2.37 bits per heavy atom. The Bertz CT molecular complexity index is 2430. The second kappa shape index (κ2) is 17.8. The van der Waals surface area contributed by atoms with Crippen LogP contribution in [0.1, 0.15) is 38.5 Å². The van der Waals surface area contributed by atoms with E-state index in [9.17, 15) is 19.5 Å². The van der Waals surface area contributed by atoms with Gasteiger partial charge in [-0.25, -0.2) is 9.18 Å². The summed E-state index contributed by atoms with van der Waals surface area (Å²) < 4.78 is 34.4. The lowest BCUT2D eigenvalue weighted by atomic mass is 10.0. The Labute approximate surface area is 376 Å². The van der Waals surface area contributed by atoms with Crippen LogP contribution in [0.2, 0.25) is 0 Å². The second-order valence-electron chi connectivity index (χ2n) is 17.8. The highest BCUT2D eigenvalue weighted by atomic mass is 19.1. The summed E-state index contributed by atoms with van der Waals surface area (Å²) in [7, 11) is 1.90. The quantitative estimate of drug-likeness (QED) is 0.214. The number of phenolic OH excluding ortho intramolecular Hbond substituents is 1. The Kier molecular flexibility index (Phi) is 11.6. The number of nitrogens with zero attached hydrogens (tertiary/aromatic N) is 8. The van der Waals surface area contributed by atoms with Crippen LogP contribution in [0.4, 0.5) is 37.8 Å². The van der Waals surface area contributed by atoms with Gasteiger partial charge >= 0.3 is 6.03 Å². The molecule has 342 valence electrons. The van der Waals surface area contributed by atoms with Gasteiger partial charge in [0, 0.05) is 83.3 Å². The minimum atomic E-state index is -0.412. The van der Waals surface area contributed by atoms with Gasteiger partial charge in [0.25, 0.3) is 0 Å². The third-order valence-electron chi connectivity index (χ3n) is 13.9. The zero-order valence-electron chi connectivity index (χ0n) is 36.5. The van der Waals surface area contributed by atoms with Crippen LogP contribution in [0.3, 0.4) is 0 Å². The number of aromatic nitrogens is 2. The Morgan fingerprint density at radius 1 is 0.862 bits per heavy atom. The first kappa shape index (κ1) is 42.4. The number of fused-ring (bicyclic) bond motifs is 3. The van der Waals surface area contributed by atoms with Crippen LogP contribution in [0.25, 0.3) is 11.3 Å². The molecule has 3 aromatic carbocycles. The van der Waals surface area contributed by atoms with Crippen molar-refractivity contribution in [2.45, 2.75) is 68.8 Å². The highest BCUT2D eigenvalue weighted by molar-refractivity contribution is 6.02. The van der Waals surface area contributed by atoms with Crippen molar-refractivity contribution in [3.8, 4) is 28.5 Å². The summed E-state index contributed by atoms with van der Waals surface area (Å²) in [4.78, 5) is 50.8. The molecular formula is C47H55FN10O7. The molecule has 3 atom stereocenters. The molecule has 0 aliphatic carbocycles. The van der Waals surface area contributed by atoms with E-state index < -0.39 is 6.04 Å². The first-order chi connectivity index (χ1) is 31.6. The third-order valence-corrected chi connectivity index (χ3v) is 13.9. The molecule has 7 heterocycles. The zero-order chi connectivity index (χ0) is 44.8. The molecule has 4 aromatic rings. The van der Waals surface area contributed by atoms with Crippen molar-refractivity contribution in [1.29, 1.82) is 0 Å². The van der Waals surface area contributed by atoms with Crippen LogP contribution < -0.4 is 40.1 Å². The molecule has 4 N–H and O–H groups in total. The number of anilines is 5. The normalized spacial score (nSPS) is 22.9. The van der Waals surface area contributed by atoms with Crippen LogP contribution in [-0.2, 0) is 14.3 Å². The molecule has 1 aromatic heterocycles. The van der Waals surface area contributed by atoms with Crippen molar-refractivity contribution in [3.63, 3.8) is 0 Å². The number of nitrogen functional groups attached to an aromatic ring is 1. The second-order valence-corrected chi connectivity index (χ2v) is 17.8. The predicted molar refractivity (Wildman–Crippen MR) is 242 cm³/mol. The number of aromatic hydroxyl groups is 1. The third kappa shape index (κ3) is 8.35. The number of amides is 4. The van der Waals surface area contributed by atoms with Gasteiger partial charge < -0.3 is 54.5 Å². The minimum absolute atomic E-state index is 0.0120. The van der Waals surface area contributed by atoms with Gasteiger partial charge in [-0.2, -0.15) is 0 Å². The van der Waals surface area contributed by atoms with Gasteiger partial charge in [-0.15, -0.1) is 10.2 Å². The van der Waals surface area contributed by atoms with Crippen molar-refractivity contribution in [1.82, 2.24) is 25.3 Å². The largest absolute Gasteiger partial charge is 0.507 e. The number of likely N-dealkylation sites (tertiary alicyclic amines) is 1. The highest BCUT2D eigenvalue weighted by Crippen LogP contribution is 2.43. The van der Waals surface area contributed by atoms with Crippen molar-refractivity contribution in [2.24, 2.45) is 0 Å². The summed E-state index contributed by atoms with van der Waals surface area (Å²) in [6, 6.07) is 19.1. The summed E-state index contributed by atoms with van der Waals surface area (Å²) in [5.41, 5.74) is 10.4. The van der Waals surface area contributed by atoms with Crippen molar-refractivity contribution < 1.29 is 38.1 Å². The SMILES string of the molecule is CN(C(=O)N1CCC(Oc2ccc(F)c(N3[C@@H]4COC[C@H]3CN(c3cc(-c5ccccc5O)nnc3N)C4)c2)CC1)C1CCN(c2cccc3c2OCCN3[C@H]2CCC(=O)NC2=O)CC1. The molecule has 6 aliphatic rings. The smallest absolute Gasteiger partial charge is 0.319 e. The van der Waals surface area contributed by atoms with Crippen LogP contribution in [0, 0.1) is 5.82 Å². The van der Waals surface area contributed by atoms with Crippen molar-refractivity contribution >= 4 is 46.4 Å². The number of hydrogen-bond donors (Lipinski definition) is 3. The maximum absolute atomic E-state index is 15.8. The van der Waals surface area contributed by atoms with E-state index >= 15 is 4.39 Å². The number of carbonyl (C=O) groups excluding carboxylic acids is 3. The van der Waals surface area contributed by atoms with E-state index in [1.165, 1.54) is 6.07 Å². The van der Waals surface area contributed by atoms with Crippen molar-refractivity contribution in [3.05, 3.63) is 72.5 Å². The fourth-order valence-corrected chi connectivity index (χ4v) is 10.5. The van der Waals surface area contributed by atoms with Crippen LogP contribution >= 0.6 is 0 Å². The number of phenols is 1. The average Bonchev–Trinajstić information content (AvgIpc) is 3.32. The molecule has 65 heavy (non-hydrogen) atoms. The van der Waals surface area contributed by atoms with E-state index in [4.69, 9.17) is 19.9 Å². The summed E-state index contributed by atoms with van der Waals surface area (Å²) >= 11 is 0. The number of carbonyl (C=O) groups is 3. The number of urea groups is 1. The topological polar surface area (TPSA) is 182 Å². The summed E-state index contributed by atoms with van der Waals surface area (Å²) in [6.45, 7) is 5.45. The molecule has 10 rings (SSSR count). The van der Waals surface area contributed by atoms with Gasteiger partial charge in [0.1, 0.15) is 36.1 Å². The van der Waals surface area contributed by atoms with Gasteiger partial charge in [0.2, 0.25) is 11.8 Å². The number of nitrogens with one attached hydrogen (secondary N) is 1. The molecule has 5 saturated heterocycles. The summed E-state index contributed by atoms with van der Waals surface area (Å²) in [5.74, 6) is 0.893. The Hall–Kier alpha value is -6.56. The minimum Gasteiger partial charge on any atom is -0.507 e. The molecule has 0 unspecified atom stereocenters. The number of rotatable bonds is 8. The van der Waals surface area contributed by atoms with Gasteiger partial charge in [0.05, 0.1) is 60.3 Å². The van der Waals surface area contributed by atoms with Crippen molar-refractivity contribution in [2.75, 3.05) is 98.0 Å². The average molecular weight is 891 g/mol. The highest BCUT2D eigenvalue weighted by Gasteiger charge is 2.41. The molecule has 6 aliphatic heterocycles. The maximum Gasteiger partial charge on any atom is 0.319 e. The number of halogens is 1. The van der Waals surface area contributed by atoms with Gasteiger partial charge in [-0.05, 0) is 61.7 Å². The summed E-state index contributed by atoms with van der Waals surface area (Å²) in [6.07, 6.45) is 3.58. The fraction of sp³-hybridized carbons (Fsp3) is 0.468. The number of morpholine rings is 1. The molecular weight excluding hydrogens is 836 g/mol. The number of piperazine rings is 1. The van der Waals surface area contributed by atoms with Crippen LogP contribution in [0.15, 0.2) is 66.7 Å². The molecule has 0 radical (unpaired) electrons. The van der Waals surface area contributed by atoms with E-state index in [-0.39, 0.29) is 59.5 Å². The van der Waals surface area contributed by atoms with Gasteiger partial charge in [0.15, 0.2) is 11.6 Å². The number of ether oxygens (including phenoxy) is 3. The lowest BCUT2D eigenvalue weighted by molar-refractivity contribution is -0.134. The monoisotopic (exact) mass is 890 g/mol. The maximum atomic E-state index is 15.8. The number of benzene rings is 3. The first-order valence-corrected chi connectivity index (χ1v) is 22.7. The number of piperidine rings is 3. The molecule has 18 heteroatoms. The molecule has 4 amide bonds. The van der Waals surface area contributed by atoms with E-state index in [0.717, 1.165) is 43.1 Å². The molecule has 0 spiro atoms. The van der Waals surface area contributed by atoms with Crippen LogP contribution in [-0.4, -0.2) is 146 Å². The zero-order valence-corrected chi connectivity index (χ0v) is 36.5. The standard InChI is InChI=1S/C47H55FN10O7/c1-53(29-13-17-54(18-14-29)37-6-4-7-38-44(37)64-22-21-57(38)39-11-12-43(60)50-46(39)61)47(62)55-19-15-32(16-20-55)65-33-9-10-35(48)40(23-33)58-30-25-56(26-31(58)28-63-27-30)41-24-36(51-52-45(41)49)34-5-2-3-8-42(34)59/h2-10,23-24,29-32,39,59H,11-22,25-28H2,1H3,(H2,49,52)(H,50,60,61)/t30-,31+,39-/m0/s1. The van der Waals surface area contributed by atoms with E-state index in [1.807, 2.05) is 41.1 Å². The lowest BCUT2D eigenvalue weighted by Gasteiger charge is -2.51. The molecule has 17 nitrogen and oxygen atoms in total. The predicted octanol–water partition coefficient (Wildman–Crippen LogP) is 4.23. The van der Waals surface area contributed by atoms with Crippen LogP contribution in [0.5, 0.6) is 17.2 Å². The van der Waals surface area contributed by atoms with E-state index in [0.29, 0.717) is 107 Å². The molecule has 5 fully saturated rings. The number of imide groups is 1. The fourth-order valence-electron chi connectivity index (χ4n) is 10.5.